The van der Waals surface area contributed by atoms with Gasteiger partial charge < -0.3 is 0 Å². The average molecular weight is 283 g/mol. The number of benzene rings is 1. The predicted molar refractivity (Wildman–Crippen MR) is 56.5 cm³/mol. The Morgan fingerprint density at radius 2 is 2.15 bits per heavy atom. The van der Waals surface area contributed by atoms with Gasteiger partial charge in [-0.05, 0) is 46.7 Å². The zero-order valence-electron chi connectivity index (χ0n) is 6.80. The van der Waals surface area contributed by atoms with Crippen LogP contribution in [0.15, 0.2) is 12.1 Å². The fraction of sp³-hybridized carbons (Fsp3) is 0.200. The molecule has 1 aliphatic carbocycles. The Hall–Kier alpha value is -0.890. The van der Waals surface area contributed by atoms with E-state index >= 15 is 0 Å². The Kier molecular flexibility index (Phi) is 2.08. The van der Waals surface area contributed by atoms with Crippen molar-refractivity contribution in [3.8, 4) is 6.07 Å². The summed E-state index contributed by atoms with van der Waals surface area (Å²) in [6.07, 6.45) is 1.29. The topological polar surface area (TPSA) is 40.9 Å². The third-order valence-electron chi connectivity index (χ3n) is 2.26. The van der Waals surface area contributed by atoms with E-state index in [-0.39, 0.29) is 5.78 Å². The van der Waals surface area contributed by atoms with E-state index in [0.717, 1.165) is 21.1 Å². The highest BCUT2D eigenvalue weighted by Gasteiger charge is 2.24. The molecule has 13 heavy (non-hydrogen) atoms. The van der Waals surface area contributed by atoms with Crippen molar-refractivity contribution in [2.75, 3.05) is 0 Å². The van der Waals surface area contributed by atoms with Crippen molar-refractivity contribution < 1.29 is 4.79 Å². The van der Waals surface area contributed by atoms with Gasteiger partial charge in [-0.3, -0.25) is 4.79 Å². The van der Waals surface area contributed by atoms with Gasteiger partial charge in [0.25, 0.3) is 0 Å². The Bertz CT molecular complexity index is 431. The summed E-state index contributed by atoms with van der Waals surface area (Å²) in [4.78, 5) is 11.4. The minimum atomic E-state index is 0.177. The van der Waals surface area contributed by atoms with Crippen LogP contribution >= 0.6 is 22.6 Å². The Balaban J connectivity index is 2.74. The molecule has 3 heteroatoms. The predicted octanol–water partition coefficient (Wildman–Crippen LogP) is 2.29. The summed E-state index contributed by atoms with van der Waals surface area (Å²) in [6, 6.07) is 5.74. The van der Waals surface area contributed by atoms with E-state index < -0.39 is 0 Å². The van der Waals surface area contributed by atoms with E-state index in [2.05, 4.69) is 28.7 Å². The smallest absolute Gasteiger partial charge is 0.164 e. The van der Waals surface area contributed by atoms with E-state index in [4.69, 9.17) is 5.26 Å². The van der Waals surface area contributed by atoms with E-state index in [9.17, 15) is 4.79 Å². The summed E-state index contributed by atoms with van der Waals surface area (Å²) in [6.45, 7) is 0. The van der Waals surface area contributed by atoms with Crippen LogP contribution in [0.2, 0.25) is 0 Å². The largest absolute Gasteiger partial charge is 0.294 e. The molecule has 1 aromatic carbocycles. The molecule has 0 saturated heterocycles. The zero-order chi connectivity index (χ0) is 9.42. The monoisotopic (exact) mass is 283 g/mol. The summed E-state index contributed by atoms with van der Waals surface area (Å²) >= 11 is 2.14. The SMILES string of the molecule is N#Cc1ccc(I)c2c1CCC2=O. The maximum atomic E-state index is 11.4. The summed E-state index contributed by atoms with van der Waals surface area (Å²) in [5.41, 5.74) is 2.38. The normalized spacial score (nSPS) is 14.0. The Morgan fingerprint density at radius 1 is 1.38 bits per heavy atom. The summed E-state index contributed by atoms with van der Waals surface area (Å²) in [7, 11) is 0. The molecule has 0 aliphatic heterocycles. The van der Waals surface area contributed by atoms with Crippen LogP contribution in [0, 0.1) is 14.9 Å². The molecule has 0 bridgehead atoms. The molecule has 64 valence electrons. The van der Waals surface area contributed by atoms with Crippen molar-refractivity contribution in [1.82, 2.24) is 0 Å². The van der Waals surface area contributed by atoms with E-state index in [0.29, 0.717) is 12.0 Å². The molecule has 0 amide bonds. The molecule has 0 fully saturated rings. The number of carbonyl (C=O) groups excluding carboxylic acids is 1. The van der Waals surface area contributed by atoms with Crippen molar-refractivity contribution in [2.24, 2.45) is 0 Å². The number of rotatable bonds is 0. The lowest BCUT2D eigenvalue weighted by Crippen LogP contribution is -1.96. The van der Waals surface area contributed by atoms with Gasteiger partial charge in [0, 0.05) is 15.6 Å². The first-order valence-electron chi connectivity index (χ1n) is 3.98. The van der Waals surface area contributed by atoms with Gasteiger partial charge in [-0.1, -0.05) is 0 Å². The Labute approximate surface area is 89.7 Å². The van der Waals surface area contributed by atoms with Crippen molar-refractivity contribution in [1.29, 1.82) is 5.26 Å². The molecule has 0 atom stereocenters. The maximum Gasteiger partial charge on any atom is 0.164 e. The maximum absolute atomic E-state index is 11.4. The van der Waals surface area contributed by atoms with E-state index in [1.54, 1.807) is 6.07 Å². The lowest BCUT2D eigenvalue weighted by atomic mass is 10.0. The van der Waals surface area contributed by atoms with Gasteiger partial charge in [0.15, 0.2) is 5.78 Å². The molecule has 1 aromatic rings. The van der Waals surface area contributed by atoms with Crippen LogP contribution in [0.4, 0.5) is 0 Å². The van der Waals surface area contributed by atoms with Crippen LogP contribution in [0.5, 0.6) is 0 Å². The molecular formula is C10H6INO. The second-order valence-electron chi connectivity index (χ2n) is 2.98. The molecule has 0 spiro atoms. The van der Waals surface area contributed by atoms with E-state index in [1.165, 1.54) is 0 Å². The lowest BCUT2D eigenvalue weighted by molar-refractivity contribution is 0.0994. The van der Waals surface area contributed by atoms with Gasteiger partial charge in [-0.2, -0.15) is 5.26 Å². The van der Waals surface area contributed by atoms with Crippen molar-refractivity contribution in [3.63, 3.8) is 0 Å². The number of carbonyl (C=O) groups is 1. The van der Waals surface area contributed by atoms with Gasteiger partial charge in [0.05, 0.1) is 11.6 Å². The average Bonchev–Trinajstić information content (AvgIpc) is 2.50. The van der Waals surface area contributed by atoms with Gasteiger partial charge in [0.1, 0.15) is 0 Å². The van der Waals surface area contributed by atoms with Gasteiger partial charge >= 0.3 is 0 Å². The quantitative estimate of drug-likeness (QED) is 0.685. The standard InChI is InChI=1S/C10H6INO/c11-8-3-1-6(5-12)7-2-4-9(13)10(7)8/h1,3H,2,4H2. The Morgan fingerprint density at radius 3 is 2.85 bits per heavy atom. The van der Waals surface area contributed by atoms with Crippen molar-refractivity contribution >= 4 is 28.4 Å². The number of ketones is 1. The molecule has 0 saturated carbocycles. The third-order valence-corrected chi connectivity index (χ3v) is 3.16. The van der Waals surface area contributed by atoms with Crippen LogP contribution < -0.4 is 0 Å². The molecule has 2 nitrogen and oxygen atoms in total. The molecule has 0 radical (unpaired) electrons. The summed E-state index contributed by atoms with van der Waals surface area (Å²) in [5, 5.41) is 8.82. The second-order valence-corrected chi connectivity index (χ2v) is 4.15. The molecule has 0 unspecified atom stereocenters. The number of hydrogen-bond donors (Lipinski definition) is 0. The van der Waals surface area contributed by atoms with Gasteiger partial charge in [-0.25, -0.2) is 0 Å². The van der Waals surface area contributed by atoms with Gasteiger partial charge in [0.2, 0.25) is 0 Å². The minimum Gasteiger partial charge on any atom is -0.294 e. The molecule has 0 aromatic heterocycles. The molecule has 0 heterocycles. The van der Waals surface area contributed by atoms with Crippen LogP contribution in [0.1, 0.15) is 27.9 Å². The van der Waals surface area contributed by atoms with Crippen LogP contribution in [-0.4, -0.2) is 5.78 Å². The molecular weight excluding hydrogens is 277 g/mol. The second kappa shape index (κ2) is 3.11. The van der Waals surface area contributed by atoms with Crippen molar-refractivity contribution in [3.05, 3.63) is 32.4 Å². The number of fused-ring (bicyclic) bond motifs is 1. The third kappa shape index (κ3) is 1.25. The first-order chi connectivity index (χ1) is 6.24. The first kappa shape index (κ1) is 8.70. The van der Waals surface area contributed by atoms with Crippen LogP contribution in [0.25, 0.3) is 0 Å². The number of Topliss-reactive ketones (excluding diaryl/α,β-unsaturated/α-hetero) is 1. The van der Waals surface area contributed by atoms with Crippen LogP contribution in [0.3, 0.4) is 0 Å². The number of halogens is 1. The highest BCUT2D eigenvalue weighted by molar-refractivity contribution is 14.1. The molecule has 0 N–H and O–H groups in total. The van der Waals surface area contributed by atoms with Gasteiger partial charge in [-0.15, -0.1) is 0 Å². The molecule has 2 rings (SSSR count). The number of nitriles is 1. The summed E-state index contributed by atoms with van der Waals surface area (Å²) in [5.74, 6) is 0.177. The van der Waals surface area contributed by atoms with Crippen LogP contribution in [-0.2, 0) is 6.42 Å². The first-order valence-corrected chi connectivity index (χ1v) is 5.06. The van der Waals surface area contributed by atoms with E-state index in [1.807, 2.05) is 6.07 Å². The van der Waals surface area contributed by atoms with Crippen molar-refractivity contribution in [2.45, 2.75) is 12.8 Å². The lowest BCUT2D eigenvalue weighted by Gasteiger charge is -2.01. The fourth-order valence-electron chi connectivity index (χ4n) is 1.65. The minimum absolute atomic E-state index is 0.177. The number of hydrogen-bond acceptors (Lipinski definition) is 2. The summed E-state index contributed by atoms with van der Waals surface area (Å²) < 4.78 is 0.967. The zero-order valence-corrected chi connectivity index (χ0v) is 8.96. The highest BCUT2D eigenvalue weighted by Crippen LogP contribution is 2.29. The fourth-order valence-corrected chi connectivity index (χ4v) is 2.45. The molecule has 1 aliphatic rings. The highest BCUT2D eigenvalue weighted by atomic mass is 127. The number of nitrogens with zero attached hydrogens (tertiary/aromatic N) is 1.